The van der Waals surface area contributed by atoms with Crippen molar-refractivity contribution in [1.29, 1.82) is 0 Å². The summed E-state index contributed by atoms with van der Waals surface area (Å²) in [6.45, 7) is 9.11. The van der Waals surface area contributed by atoms with Crippen molar-refractivity contribution in [3.63, 3.8) is 0 Å². The molecule has 0 aliphatic heterocycles. The molecule has 0 unspecified atom stereocenters. The topological polar surface area (TPSA) is 3.24 Å². The van der Waals surface area contributed by atoms with Crippen LogP contribution in [0.1, 0.15) is 126 Å². The lowest BCUT2D eigenvalue weighted by molar-refractivity contribution is 0.398. The van der Waals surface area contributed by atoms with Gasteiger partial charge in [-0.2, -0.15) is 0 Å². The van der Waals surface area contributed by atoms with Crippen molar-refractivity contribution in [1.82, 2.24) is 0 Å². The molecule has 0 aromatic heterocycles. The standard InChI is InChI=1S/C73H73N/c1-5-7-9-11-13-21-47-73(48-22-14-12-10-8-6-2)69-49-53(4)31-45-63(69)64-46-38-58(51-70(64)73)55-34-41-61(42-35-55)74(60-39-29-52(3)30-40-60)62-43-36-56(37-44-62)71-65-25-17-19-27-67(65)72(68-28-20-18-26-66(68)71)59-33-32-54-23-15-16-24-57(54)50-59/h15-20,23-46,49-51H,5-14,21-22,47-48H2,1-4H3. The molecule has 1 nitrogen and oxygen atoms in total. The van der Waals surface area contributed by atoms with Crippen molar-refractivity contribution in [3.05, 3.63) is 222 Å². The Labute approximate surface area is 442 Å². The predicted octanol–water partition coefficient (Wildman–Crippen LogP) is 22.0. The second-order valence-corrected chi connectivity index (χ2v) is 21.6. The van der Waals surface area contributed by atoms with E-state index in [4.69, 9.17) is 0 Å². The number of nitrogens with zero attached hydrogens (tertiary/aromatic N) is 1. The van der Waals surface area contributed by atoms with Crippen LogP contribution in [0.25, 0.3) is 76.8 Å². The lowest BCUT2D eigenvalue weighted by Gasteiger charge is -2.33. The van der Waals surface area contributed by atoms with Crippen LogP contribution >= 0.6 is 0 Å². The number of fused-ring (bicyclic) bond motifs is 6. The molecule has 1 aliphatic carbocycles. The quantitative estimate of drug-likeness (QED) is 0.0543. The molecule has 0 radical (unpaired) electrons. The van der Waals surface area contributed by atoms with E-state index in [1.54, 1.807) is 11.1 Å². The minimum Gasteiger partial charge on any atom is -0.311 e. The van der Waals surface area contributed by atoms with Gasteiger partial charge in [0.25, 0.3) is 0 Å². The molecule has 10 aromatic carbocycles. The summed E-state index contributed by atoms with van der Waals surface area (Å²) in [7, 11) is 0. The average Bonchev–Trinajstić information content (AvgIpc) is 3.70. The fourth-order valence-corrected chi connectivity index (χ4v) is 12.7. The minimum absolute atomic E-state index is 0.0500. The summed E-state index contributed by atoms with van der Waals surface area (Å²) >= 11 is 0. The van der Waals surface area contributed by atoms with Crippen LogP contribution in [0, 0.1) is 13.8 Å². The van der Waals surface area contributed by atoms with Crippen LogP contribution in [0.4, 0.5) is 17.1 Å². The lowest BCUT2D eigenvalue weighted by atomic mass is 9.70. The van der Waals surface area contributed by atoms with Crippen LogP contribution in [0.3, 0.4) is 0 Å². The Morgan fingerprint density at radius 3 is 1.31 bits per heavy atom. The maximum Gasteiger partial charge on any atom is 0.0462 e. The molecule has 0 saturated carbocycles. The Morgan fingerprint density at radius 2 is 0.743 bits per heavy atom. The molecule has 1 aliphatic rings. The highest BCUT2D eigenvalue weighted by Gasteiger charge is 2.42. The van der Waals surface area contributed by atoms with Crippen molar-refractivity contribution in [2.24, 2.45) is 0 Å². The average molecular weight is 964 g/mol. The molecule has 0 bridgehead atoms. The van der Waals surface area contributed by atoms with Crippen LogP contribution in [0.5, 0.6) is 0 Å². The first-order valence-electron chi connectivity index (χ1n) is 28.2. The van der Waals surface area contributed by atoms with Gasteiger partial charge in [-0.15, -0.1) is 0 Å². The van der Waals surface area contributed by atoms with Crippen LogP contribution in [0.2, 0.25) is 0 Å². The summed E-state index contributed by atoms with van der Waals surface area (Å²) in [5.74, 6) is 0. The zero-order valence-corrected chi connectivity index (χ0v) is 44.4. The van der Waals surface area contributed by atoms with Gasteiger partial charge in [-0.25, -0.2) is 0 Å². The molecular formula is C73H73N. The van der Waals surface area contributed by atoms with Crippen LogP contribution in [-0.2, 0) is 5.41 Å². The zero-order chi connectivity index (χ0) is 50.4. The molecule has 10 aromatic rings. The van der Waals surface area contributed by atoms with Gasteiger partial charge < -0.3 is 4.90 Å². The number of aryl methyl sites for hydroxylation is 2. The van der Waals surface area contributed by atoms with E-state index in [9.17, 15) is 0 Å². The van der Waals surface area contributed by atoms with Crippen LogP contribution in [-0.4, -0.2) is 0 Å². The Morgan fingerprint density at radius 1 is 0.324 bits per heavy atom. The number of rotatable bonds is 20. The van der Waals surface area contributed by atoms with E-state index in [2.05, 4.69) is 233 Å². The highest BCUT2D eigenvalue weighted by atomic mass is 15.1. The van der Waals surface area contributed by atoms with Gasteiger partial charge in [0.15, 0.2) is 0 Å². The minimum atomic E-state index is 0.0500. The Balaban J connectivity index is 0.943. The monoisotopic (exact) mass is 964 g/mol. The molecule has 0 fully saturated rings. The Hall–Kier alpha value is -7.22. The van der Waals surface area contributed by atoms with E-state index in [1.165, 1.54) is 178 Å². The first-order valence-corrected chi connectivity index (χ1v) is 28.2. The summed E-state index contributed by atoms with van der Waals surface area (Å²) in [5, 5.41) is 7.59. The number of unbranched alkanes of at least 4 members (excludes halogenated alkanes) is 10. The Kier molecular flexibility index (Phi) is 14.6. The van der Waals surface area contributed by atoms with E-state index < -0.39 is 0 Å². The van der Waals surface area contributed by atoms with E-state index in [0.29, 0.717) is 0 Å². The van der Waals surface area contributed by atoms with Crippen molar-refractivity contribution >= 4 is 49.4 Å². The van der Waals surface area contributed by atoms with Gasteiger partial charge in [-0.1, -0.05) is 254 Å². The second-order valence-electron chi connectivity index (χ2n) is 21.6. The normalized spacial score (nSPS) is 12.6. The summed E-state index contributed by atoms with van der Waals surface area (Å²) < 4.78 is 0. The highest BCUT2D eigenvalue weighted by molar-refractivity contribution is 6.21. The molecule has 0 atom stereocenters. The molecule has 0 saturated heterocycles. The number of hydrogen-bond acceptors (Lipinski definition) is 1. The van der Waals surface area contributed by atoms with Crippen LogP contribution < -0.4 is 4.90 Å². The van der Waals surface area contributed by atoms with E-state index >= 15 is 0 Å². The largest absolute Gasteiger partial charge is 0.311 e. The van der Waals surface area contributed by atoms with Gasteiger partial charge in [0.1, 0.15) is 0 Å². The molecule has 74 heavy (non-hydrogen) atoms. The molecule has 0 spiro atoms. The zero-order valence-electron chi connectivity index (χ0n) is 44.4. The van der Waals surface area contributed by atoms with Gasteiger partial charge in [-0.3, -0.25) is 0 Å². The van der Waals surface area contributed by atoms with Crippen molar-refractivity contribution in [2.75, 3.05) is 4.90 Å². The lowest BCUT2D eigenvalue weighted by Crippen LogP contribution is -2.25. The third-order valence-electron chi connectivity index (χ3n) is 16.6. The number of hydrogen-bond donors (Lipinski definition) is 0. The number of benzene rings is 10. The van der Waals surface area contributed by atoms with Crippen molar-refractivity contribution in [3.8, 4) is 44.5 Å². The molecule has 0 amide bonds. The summed E-state index contributed by atoms with van der Waals surface area (Å²) in [4.78, 5) is 2.42. The van der Waals surface area contributed by atoms with Crippen molar-refractivity contribution < 1.29 is 0 Å². The summed E-state index contributed by atoms with van der Waals surface area (Å²) in [6, 6.07) is 76.0. The molecule has 11 rings (SSSR count). The van der Waals surface area contributed by atoms with Gasteiger partial charge >= 0.3 is 0 Å². The Bertz CT molecular complexity index is 3470. The van der Waals surface area contributed by atoms with E-state index in [0.717, 1.165) is 17.1 Å². The second kappa shape index (κ2) is 22.1. The maximum atomic E-state index is 2.60. The number of anilines is 3. The molecule has 0 N–H and O–H groups in total. The van der Waals surface area contributed by atoms with Crippen molar-refractivity contribution in [2.45, 2.75) is 123 Å². The van der Waals surface area contributed by atoms with Gasteiger partial charge in [-0.05, 0) is 163 Å². The predicted molar refractivity (Wildman–Crippen MR) is 322 cm³/mol. The smallest absolute Gasteiger partial charge is 0.0462 e. The fraction of sp³-hybridized carbons (Fsp3) is 0.260. The van der Waals surface area contributed by atoms with Gasteiger partial charge in [0.05, 0.1) is 0 Å². The summed E-state index contributed by atoms with van der Waals surface area (Å²) in [6.07, 6.45) is 18.4. The van der Waals surface area contributed by atoms with E-state index in [1.807, 2.05) is 0 Å². The maximum absolute atomic E-state index is 2.60. The van der Waals surface area contributed by atoms with Gasteiger partial charge in [0, 0.05) is 22.5 Å². The van der Waals surface area contributed by atoms with Gasteiger partial charge in [0.2, 0.25) is 0 Å². The molecule has 1 heteroatoms. The summed E-state index contributed by atoms with van der Waals surface area (Å²) in [5.41, 5.74) is 19.8. The highest BCUT2D eigenvalue weighted by Crippen LogP contribution is 2.55. The third-order valence-corrected chi connectivity index (χ3v) is 16.6. The molecular weight excluding hydrogens is 891 g/mol. The SMILES string of the molecule is CCCCCCCCC1(CCCCCCCC)c2cc(C)ccc2-c2ccc(-c3ccc(N(c4ccc(C)cc4)c4ccc(-c5c6ccccc6c(-c6ccc7ccccc7c6)c6ccccc56)cc4)cc3)cc21. The first-order chi connectivity index (χ1) is 36.4. The molecule has 0 heterocycles. The third kappa shape index (κ3) is 9.71. The fourth-order valence-electron chi connectivity index (χ4n) is 12.7. The van der Waals surface area contributed by atoms with E-state index in [-0.39, 0.29) is 5.41 Å². The molecule has 370 valence electrons. The van der Waals surface area contributed by atoms with Crippen LogP contribution in [0.15, 0.2) is 200 Å². The first kappa shape index (κ1) is 49.0.